The maximum Gasteiger partial charge on any atom is 0.260 e. The lowest BCUT2D eigenvalue weighted by Crippen LogP contribution is -2.14. The fourth-order valence-electron chi connectivity index (χ4n) is 1.58. The number of anilines is 1. The van der Waals surface area contributed by atoms with E-state index >= 15 is 0 Å². The molecule has 0 aliphatic heterocycles. The number of nitrogens with one attached hydrogen (secondary N) is 2. The van der Waals surface area contributed by atoms with E-state index in [4.69, 9.17) is 4.74 Å². The molecule has 0 aliphatic carbocycles. The van der Waals surface area contributed by atoms with E-state index in [-0.39, 0.29) is 5.91 Å². The minimum Gasteiger partial charge on any atom is -0.489 e. The van der Waals surface area contributed by atoms with Crippen molar-refractivity contribution in [2.75, 3.05) is 11.9 Å². The average Bonchev–Trinajstić information content (AvgIpc) is 2.82. The monoisotopic (exact) mass is 257 g/mol. The van der Waals surface area contributed by atoms with Crippen LogP contribution in [0, 0.1) is 6.92 Å². The highest BCUT2D eigenvalue weighted by Gasteiger charge is 2.13. The van der Waals surface area contributed by atoms with E-state index in [1.165, 1.54) is 0 Å². The minimum atomic E-state index is -0.244. The van der Waals surface area contributed by atoms with Gasteiger partial charge in [-0.3, -0.25) is 9.89 Å². The summed E-state index contributed by atoms with van der Waals surface area (Å²) < 4.78 is 5.45. The lowest BCUT2D eigenvalue weighted by Gasteiger charge is -2.09. The molecule has 1 amide bonds. The van der Waals surface area contributed by atoms with Crippen molar-refractivity contribution in [2.45, 2.75) is 6.92 Å². The van der Waals surface area contributed by atoms with Crippen molar-refractivity contribution in [3.05, 3.63) is 54.2 Å². The van der Waals surface area contributed by atoms with E-state index in [0.29, 0.717) is 23.7 Å². The Kier molecular flexibility index (Phi) is 3.97. The Labute approximate surface area is 111 Å². The number of aromatic amines is 1. The number of rotatable bonds is 5. The highest BCUT2D eigenvalue weighted by Crippen LogP contribution is 2.20. The van der Waals surface area contributed by atoms with Crippen molar-refractivity contribution in [3.8, 4) is 5.75 Å². The Morgan fingerprint density at radius 2 is 2.32 bits per heavy atom. The zero-order chi connectivity index (χ0) is 13.7. The molecule has 19 heavy (non-hydrogen) atoms. The zero-order valence-corrected chi connectivity index (χ0v) is 10.6. The molecule has 5 heteroatoms. The lowest BCUT2D eigenvalue weighted by atomic mass is 10.2. The molecule has 0 saturated heterocycles. The van der Waals surface area contributed by atoms with Gasteiger partial charge in [0.1, 0.15) is 18.2 Å². The summed E-state index contributed by atoms with van der Waals surface area (Å²) in [6.45, 7) is 5.80. The molecule has 2 aromatic rings. The molecule has 1 aromatic carbocycles. The maximum atomic E-state index is 12.2. The van der Waals surface area contributed by atoms with Gasteiger partial charge in [-0.05, 0) is 19.1 Å². The average molecular weight is 257 g/mol. The number of benzene rings is 1. The second-order valence-corrected chi connectivity index (χ2v) is 3.98. The van der Waals surface area contributed by atoms with Crippen LogP contribution in [-0.2, 0) is 0 Å². The zero-order valence-electron chi connectivity index (χ0n) is 10.6. The number of amides is 1. The summed E-state index contributed by atoms with van der Waals surface area (Å²) in [6, 6.07) is 7.06. The van der Waals surface area contributed by atoms with Crippen LogP contribution in [0.25, 0.3) is 0 Å². The number of aromatic nitrogens is 2. The standard InChI is InChI=1S/C14H15N3O2/c1-3-8-19-12-7-5-4-6-11(12)14(18)16-13-10(2)9-15-17-13/h3-7,9H,1,8H2,2H3,(H2,15,16,17,18). The minimum absolute atomic E-state index is 0.244. The third kappa shape index (κ3) is 3.01. The van der Waals surface area contributed by atoms with Crippen molar-refractivity contribution in [2.24, 2.45) is 0 Å². The first-order chi connectivity index (χ1) is 9.22. The van der Waals surface area contributed by atoms with Crippen molar-refractivity contribution in [3.63, 3.8) is 0 Å². The Morgan fingerprint density at radius 3 is 3.00 bits per heavy atom. The molecule has 0 spiro atoms. The highest BCUT2D eigenvalue weighted by molar-refractivity contribution is 6.06. The van der Waals surface area contributed by atoms with Crippen LogP contribution in [0.1, 0.15) is 15.9 Å². The SMILES string of the molecule is C=CCOc1ccccc1C(=O)Nc1[nH]ncc1C. The summed E-state index contributed by atoms with van der Waals surface area (Å²) in [7, 11) is 0. The van der Waals surface area contributed by atoms with Crippen molar-refractivity contribution < 1.29 is 9.53 Å². The Balaban J connectivity index is 2.19. The fourth-order valence-corrected chi connectivity index (χ4v) is 1.58. The fraction of sp³-hybridized carbons (Fsp3) is 0.143. The molecule has 5 nitrogen and oxygen atoms in total. The van der Waals surface area contributed by atoms with Crippen molar-refractivity contribution in [1.29, 1.82) is 0 Å². The van der Waals surface area contributed by atoms with Crippen LogP contribution in [0.2, 0.25) is 0 Å². The summed E-state index contributed by atoms with van der Waals surface area (Å²) >= 11 is 0. The first kappa shape index (κ1) is 12.9. The molecule has 2 rings (SSSR count). The maximum absolute atomic E-state index is 12.2. The van der Waals surface area contributed by atoms with E-state index < -0.39 is 0 Å². The number of carbonyl (C=O) groups excluding carboxylic acids is 1. The molecule has 1 aromatic heterocycles. The number of aryl methyl sites for hydroxylation is 1. The number of H-pyrrole nitrogens is 1. The van der Waals surface area contributed by atoms with Crippen molar-refractivity contribution >= 4 is 11.7 Å². The van der Waals surface area contributed by atoms with Gasteiger partial charge in [-0.2, -0.15) is 5.10 Å². The van der Waals surface area contributed by atoms with Crippen LogP contribution in [0.3, 0.4) is 0 Å². The van der Waals surface area contributed by atoms with E-state index in [9.17, 15) is 4.79 Å². The molecule has 0 fully saturated rings. The topological polar surface area (TPSA) is 67.0 Å². The van der Waals surface area contributed by atoms with Crippen LogP contribution < -0.4 is 10.1 Å². The van der Waals surface area contributed by atoms with E-state index in [2.05, 4.69) is 22.1 Å². The van der Waals surface area contributed by atoms with E-state index in [0.717, 1.165) is 5.56 Å². The number of carbonyl (C=O) groups is 1. The number of hydrogen-bond acceptors (Lipinski definition) is 3. The molecule has 0 atom stereocenters. The van der Waals surface area contributed by atoms with Crippen LogP contribution in [0.5, 0.6) is 5.75 Å². The van der Waals surface area contributed by atoms with E-state index in [1.807, 2.05) is 13.0 Å². The van der Waals surface area contributed by atoms with Gasteiger partial charge in [-0.25, -0.2) is 0 Å². The van der Waals surface area contributed by atoms with Crippen LogP contribution in [0.4, 0.5) is 5.82 Å². The van der Waals surface area contributed by atoms with Crippen LogP contribution in [0.15, 0.2) is 43.1 Å². The molecular weight excluding hydrogens is 242 g/mol. The second-order valence-electron chi connectivity index (χ2n) is 3.98. The van der Waals surface area contributed by atoms with Gasteiger partial charge in [0, 0.05) is 5.56 Å². The number of ether oxygens (including phenoxy) is 1. The Bertz CT molecular complexity index is 590. The van der Waals surface area contributed by atoms with Gasteiger partial charge in [0.05, 0.1) is 11.8 Å². The molecule has 0 aliphatic rings. The van der Waals surface area contributed by atoms with Gasteiger partial charge in [0.15, 0.2) is 0 Å². The number of para-hydroxylation sites is 1. The first-order valence-corrected chi connectivity index (χ1v) is 5.86. The van der Waals surface area contributed by atoms with Crippen molar-refractivity contribution in [1.82, 2.24) is 10.2 Å². The highest BCUT2D eigenvalue weighted by atomic mass is 16.5. The van der Waals surface area contributed by atoms with Gasteiger partial charge in [0.2, 0.25) is 0 Å². The summed E-state index contributed by atoms with van der Waals surface area (Å²) in [5, 5.41) is 9.35. The molecular formula is C14H15N3O2. The molecule has 0 saturated carbocycles. The van der Waals surface area contributed by atoms with Gasteiger partial charge in [-0.15, -0.1) is 0 Å². The predicted molar refractivity (Wildman–Crippen MR) is 73.4 cm³/mol. The largest absolute Gasteiger partial charge is 0.489 e. The lowest BCUT2D eigenvalue weighted by molar-refractivity contribution is 0.102. The predicted octanol–water partition coefficient (Wildman–Crippen LogP) is 2.54. The third-order valence-corrected chi connectivity index (χ3v) is 2.56. The van der Waals surface area contributed by atoms with Crippen LogP contribution in [-0.4, -0.2) is 22.7 Å². The quantitative estimate of drug-likeness (QED) is 0.809. The second kappa shape index (κ2) is 5.86. The summed E-state index contributed by atoms with van der Waals surface area (Å²) in [5.41, 5.74) is 1.34. The summed E-state index contributed by atoms with van der Waals surface area (Å²) in [6.07, 6.45) is 3.28. The third-order valence-electron chi connectivity index (χ3n) is 2.56. The Morgan fingerprint density at radius 1 is 1.53 bits per heavy atom. The van der Waals surface area contributed by atoms with Gasteiger partial charge >= 0.3 is 0 Å². The molecule has 0 bridgehead atoms. The molecule has 0 radical (unpaired) electrons. The van der Waals surface area contributed by atoms with E-state index in [1.54, 1.807) is 30.5 Å². The molecule has 1 heterocycles. The van der Waals surface area contributed by atoms with Gasteiger partial charge < -0.3 is 10.1 Å². The summed E-state index contributed by atoms with van der Waals surface area (Å²) in [5.74, 6) is 0.868. The molecule has 98 valence electrons. The smallest absolute Gasteiger partial charge is 0.260 e. The van der Waals surface area contributed by atoms with Crippen LogP contribution >= 0.6 is 0 Å². The number of nitrogens with zero attached hydrogens (tertiary/aromatic N) is 1. The summed E-state index contributed by atoms with van der Waals surface area (Å²) in [4.78, 5) is 12.2. The Hall–Kier alpha value is -2.56. The first-order valence-electron chi connectivity index (χ1n) is 5.86. The van der Waals surface area contributed by atoms with Gasteiger partial charge in [0.25, 0.3) is 5.91 Å². The molecule has 0 unspecified atom stereocenters. The number of hydrogen-bond donors (Lipinski definition) is 2. The molecule has 2 N–H and O–H groups in total. The van der Waals surface area contributed by atoms with Gasteiger partial charge in [-0.1, -0.05) is 24.8 Å². The normalized spacial score (nSPS) is 9.95.